The van der Waals surface area contributed by atoms with Crippen molar-refractivity contribution in [2.75, 3.05) is 19.7 Å². The lowest BCUT2D eigenvalue weighted by Crippen LogP contribution is -2.48. The summed E-state index contributed by atoms with van der Waals surface area (Å²) < 4.78 is 39.3. The van der Waals surface area contributed by atoms with Crippen LogP contribution in [0.2, 0.25) is 0 Å². The number of ether oxygens (including phenoxy) is 1. The maximum atomic E-state index is 12.6. The molecule has 0 unspecified atom stereocenters. The standard InChI is InChI=1S/C19H23N5O4S/c1-3-23-13-17(10-20-23)29(25,26)24-11-15(12-24)19-21-18(22-28-19)7-8-27-16-6-4-5-14(2)9-16/h4-6,9-10,13,15H,3,7-8,11-12H2,1-2H3. The molecule has 0 aliphatic carbocycles. The summed E-state index contributed by atoms with van der Waals surface area (Å²) in [6.07, 6.45) is 3.44. The third-order valence-corrected chi connectivity index (χ3v) is 6.62. The van der Waals surface area contributed by atoms with E-state index >= 15 is 0 Å². The van der Waals surface area contributed by atoms with Crippen LogP contribution in [0, 0.1) is 6.92 Å². The minimum atomic E-state index is -3.53. The summed E-state index contributed by atoms with van der Waals surface area (Å²) in [4.78, 5) is 4.60. The number of hydrogen-bond donors (Lipinski definition) is 0. The van der Waals surface area contributed by atoms with Crippen molar-refractivity contribution in [2.45, 2.75) is 37.6 Å². The Kier molecular flexibility index (Phi) is 5.37. The van der Waals surface area contributed by atoms with Gasteiger partial charge in [-0.05, 0) is 31.5 Å². The maximum Gasteiger partial charge on any atom is 0.246 e. The molecule has 1 fully saturated rings. The molecule has 29 heavy (non-hydrogen) atoms. The van der Waals surface area contributed by atoms with Crippen molar-refractivity contribution in [3.8, 4) is 5.75 Å². The minimum Gasteiger partial charge on any atom is -0.493 e. The zero-order valence-electron chi connectivity index (χ0n) is 16.4. The highest BCUT2D eigenvalue weighted by Crippen LogP contribution is 2.31. The zero-order valence-corrected chi connectivity index (χ0v) is 17.2. The van der Waals surface area contributed by atoms with E-state index in [2.05, 4.69) is 15.2 Å². The molecule has 3 heterocycles. The molecule has 1 aliphatic heterocycles. The van der Waals surface area contributed by atoms with Crippen molar-refractivity contribution in [2.24, 2.45) is 0 Å². The Morgan fingerprint density at radius 1 is 1.31 bits per heavy atom. The van der Waals surface area contributed by atoms with Gasteiger partial charge in [-0.25, -0.2) is 8.42 Å². The summed E-state index contributed by atoms with van der Waals surface area (Å²) in [7, 11) is -3.53. The fourth-order valence-electron chi connectivity index (χ4n) is 3.09. The Morgan fingerprint density at radius 3 is 2.86 bits per heavy atom. The van der Waals surface area contributed by atoms with E-state index in [1.165, 1.54) is 10.5 Å². The molecule has 154 valence electrons. The van der Waals surface area contributed by atoms with Gasteiger partial charge in [-0.1, -0.05) is 17.3 Å². The van der Waals surface area contributed by atoms with Crippen molar-refractivity contribution < 1.29 is 17.7 Å². The Hall–Kier alpha value is -2.72. The van der Waals surface area contributed by atoms with E-state index in [1.807, 2.05) is 38.1 Å². The van der Waals surface area contributed by atoms with Gasteiger partial charge >= 0.3 is 0 Å². The van der Waals surface area contributed by atoms with Crippen LogP contribution in [0.15, 0.2) is 46.1 Å². The van der Waals surface area contributed by atoms with Crippen LogP contribution in [-0.2, 0) is 23.0 Å². The molecule has 10 heteroatoms. The van der Waals surface area contributed by atoms with E-state index in [0.29, 0.717) is 44.4 Å². The SMILES string of the molecule is CCn1cc(S(=O)(=O)N2CC(c3nc(CCOc4cccc(C)c4)no3)C2)cn1. The van der Waals surface area contributed by atoms with Crippen molar-refractivity contribution in [1.29, 1.82) is 0 Å². The quantitative estimate of drug-likeness (QED) is 0.552. The molecule has 0 amide bonds. The van der Waals surface area contributed by atoms with E-state index in [0.717, 1.165) is 11.3 Å². The van der Waals surface area contributed by atoms with E-state index in [9.17, 15) is 8.42 Å². The summed E-state index contributed by atoms with van der Waals surface area (Å²) in [5.74, 6) is 1.73. The van der Waals surface area contributed by atoms with Crippen LogP contribution < -0.4 is 4.74 Å². The first-order chi connectivity index (χ1) is 14.0. The molecule has 1 saturated heterocycles. The Morgan fingerprint density at radius 2 is 2.14 bits per heavy atom. The lowest BCUT2D eigenvalue weighted by molar-refractivity contribution is 0.216. The highest BCUT2D eigenvalue weighted by molar-refractivity contribution is 7.89. The first-order valence-corrected chi connectivity index (χ1v) is 10.9. The fraction of sp³-hybridized carbons (Fsp3) is 0.421. The first kappa shape index (κ1) is 19.6. The average Bonchev–Trinajstić information content (AvgIpc) is 3.30. The average molecular weight is 417 g/mol. The van der Waals surface area contributed by atoms with Gasteiger partial charge in [-0.3, -0.25) is 4.68 Å². The molecule has 0 saturated carbocycles. The molecule has 1 aliphatic rings. The summed E-state index contributed by atoms with van der Waals surface area (Å²) in [6.45, 7) is 5.62. The molecule has 0 radical (unpaired) electrons. The van der Waals surface area contributed by atoms with Gasteiger partial charge in [0.15, 0.2) is 5.82 Å². The lowest BCUT2D eigenvalue weighted by atomic mass is 10.0. The molecular weight excluding hydrogens is 394 g/mol. The van der Waals surface area contributed by atoms with Crippen LogP contribution in [0.3, 0.4) is 0 Å². The molecule has 2 aromatic heterocycles. The third-order valence-electron chi connectivity index (χ3n) is 4.84. The molecule has 0 N–H and O–H groups in total. The normalized spacial score (nSPS) is 15.4. The molecule has 9 nitrogen and oxygen atoms in total. The number of aromatic nitrogens is 4. The predicted octanol–water partition coefficient (Wildman–Crippen LogP) is 2.00. The monoisotopic (exact) mass is 417 g/mol. The second kappa shape index (κ2) is 7.96. The molecule has 0 spiro atoms. The van der Waals surface area contributed by atoms with E-state index in [1.54, 1.807) is 10.9 Å². The van der Waals surface area contributed by atoms with Gasteiger partial charge in [0.2, 0.25) is 15.9 Å². The summed E-state index contributed by atoms with van der Waals surface area (Å²) in [5.41, 5.74) is 1.14. The zero-order chi connectivity index (χ0) is 20.4. The smallest absolute Gasteiger partial charge is 0.246 e. The molecular formula is C19H23N5O4S. The molecule has 0 bridgehead atoms. The van der Waals surface area contributed by atoms with Gasteiger partial charge in [0.1, 0.15) is 10.6 Å². The Bertz CT molecular complexity index is 1090. The fourth-order valence-corrected chi connectivity index (χ4v) is 4.58. The van der Waals surface area contributed by atoms with Gasteiger partial charge in [0, 0.05) is 32.3 Å². The second-order valence-electron chi connectivity index (χ2n) is 7.01. The Balaban J connectivity index is 1.29. The van der Waals surface area contributed by atoms with Gasteiger partial charge < -0.3 is 9.26 Å². The number of nitrogens with zero attached hydrogens (tertiary/aromatic N) is 5. The van der Waals surface area contributed by atoms with Crippen molar-refractivity contribution in [3.05, 3.63) is 53.9 Å². The van der Waals surface area contributed by atoms with Crippen LogP contribution in [0.4, 0.5) is 0 Å². The first-order valence-electron chi connectivity index (χ1n) is 9.50. The van der Waals surface area contributed by atoms with Gasteiger partial charge in [-0.15, -0.1) is 0 Å². The molecule has 3 aromatic rings. The van der Waals surface area contributed by atoms with Crippen molar-refractivity contribution in [1.82, 2.24) is 24.2 Å². The molecule has 1 aromatic carbocycles. The Labute approximate surface area is 169 Å². The van der Waals surface area contributed by atoms with E-state index in [-0.39, 0.29) is 10.8 Å². The second-order valence-corrected chi connectivity index (χ2v) is 8.95. The lowest BCUT2D eigenvalue weighted by Gasteiger charge is -2.35. The van der Waals surface area contributed by atoms with Crippen molar-refractivity contribution in [3.63, 3.8) is 0 Å². The highest BCUT2D eigenvalue weighted by atomic mass is 32.2. The van der Waals surface area contributed by atoms with Crippen LogP contribution in [0.1, 0.15) is 30.1 Å². The topological polar surface area (TPSA) is 103 Å². The number of rotatable bonds is 8. The predicted molar refractivity (Wildman–Crippen MR) is 104 cm³/mol. The van der Waals surface area contributed by atoms with Crippen LogP contribution in [-0.4, -0.2) is 52.3 Å². The van der Waals surface area contributed by atoms with E-state index < -0.39 is 10.0 Å². The van der Waals surface area contributed by atoms with Crippen LogP contribution >= 0.6 is 0 Å². The number of sulfonamides is 1. The largest absolute Gasteiger partial charge is 0.493 e. The van der Waals surface area contributed by atoms with Crippen LogP contribution in [0.25, 0.3) is 0 Å². The third kappa shape index (κ3) is 4.18. The summed E-state index contributed by atoms with van der Waals surface area (Å²) >= 11 is 0. The van der Waals surface area contributed by atoms with E-state index in [4.69, 9.17) is 9.26 Å². The maximum absolute atomic E-state index is 12.6. The minimum absolute atomic E-state index is 0.0927. The van der Waals surface area contributed by atoms with Gasteiger partial charge in [0.25, 0.3) is 0 Å². The summed E-state index contributed by atoms with van der Waals surface area (Å²) in [5, 5.41) is 8.02. The number of hydrogen-bond acceptors (Lipinski definition) is 7. The number of aryl methyl sites for hydroxylation is 2. The summed E-state index contributed by atoms with van der Waals surface area (Å²) in [6, 6.07) is 7.83. The molecule has 0 atom stereocenters. The van der Waals surface area contributed by atoms with Gasteiger partial charge in [0.05, 0.1) is 18.7 Å². The van der Waals surface area contributed by atoms with Crippen LogP contribution in [0.5, 0.6) is 5.75 Å². The number of benzene rings is 1. The van der Waals surface area contributed by atoms with Crippen molar-refractivity contribution >= 4 is 10.0 Å². The van der Waals surface area contributed by atoms with Gasteiger partial charge in [-0.2, -0.15) is 14.4 Å². The highest BCUT2D eigenvalue weighted by Gasteiger charge is 2.40. The molecule has 4 rings (SSSR count).